The van der Waals surface area contributed by atoms with E-state index in [0.717, 1.165) is 35.1 Å². The zero-order chi connectivity index (χ0) is 18.4. The lowest BCUT2D eigenvalue weighted by Crippen LogP contribution is -2.03. The molecule has 0 saturated carbocycles. The number of thioether (sulfide) groups is 1. The van der Waals surface area contributed by atoms with Crippen molar-refractivity contribution in [2.75, 3.05) is 7.11 Å². The van der Waals surface area contributed by atoms with Gasteiger partial charge < -0.3 is 9.30 Å². The van der Waals surface area contributed by atoms with Gasteiger partial charge in [0, 0.05) is 30.3 Å². The summed E-state index contributed by atoms with van der Waals surface area (Å²) in [6, 6.07) is 11.3. The van der Waals surface area contributed by atoms with Crippen molar-refractivity contribution < 1.29 is 9.53 Å². The highest BCUT2D eigenvalue weighted by Crippen LogP contribution is 2.26. The molecule has 0 N–H and O–H groups in total. The van der Waals surface area contributed by atoms with E-state index in [1.165, 1.54) is 7.11 Å². The number of hydrogen-bond donors (Lipinski definition) is 0. The van der Waals surface area contributed by atoms with Crippen LogP contribution in [0.5, 0.6) is 0 Å². The van der Waals surface area contributed by atoms with Crippen molar-refractivity contribution in [1.82, 2.24) is 19.7 Å². The van der Waals surface area contributed by atoms with Crippen LogP contribution in [0.2, 0.25) is 0 Å². The summed E-state index contributed by atoms with van der Waals surface area (Å²) in [5, 5.41) is 9.59. The van der Waals surface area contributed by atoms with Gasteiger partial charge in [-0.05, 0) is 36.2 Å². The molecule has 6 nitrogen and oxygen atoms in total. The number of methoxy groups -OCH3 is 1. The molecular formula is C19H20N4O2S. The molecule has 0 spiro atoms. The third-order valence-corrected chi connectivity index (χ3v) is 4.86. The topological polar surface area (TPSA) is 69.9 Å². The van der Waals surface area contributed by atoms with Crippen LogP contribution < -0.4 is 0 Å². The molecule has 26 heavy (non-hydrogen) atoms. The van der Waals surface area contributed by atoms with E-state index in [9.17, 15) is 4.79 Å². The number of nitrogens with zero attached hydrogens (tertiary/aromatic N) is 4. The Bertz CT molecular complexity index is 880. The molecule has 0 aliphatic carbocycles. The van der Waals surface area contributed by atoms with Gasteiger partial charge in [-0.1, -0.05) is 30.8 Å². The number of benzene rings is 1. The second-order valence-corrected chi connectivity index (χ2v) is 6.62. The van der Waals surface area contributed by atoms with E-state index in [1.807, 2.05) is 30.3 Å². The van der Waals surface area contributed by atoms with Crippen LogP contribution in [0.4, 0.5) is 0 Å². The van der Waals surface area contributed by atoms with Crippen LogP contribution in [0.25, 0.3) is 11.4 Å². The fraction of sp³-hybridized carbons (Fsp3) is 0.263. The van der Waals surface area contributed by atoms with Gasteiger partial charge in [-0.15, -0.1) is 10.2 Å². The predicted octanol–water partition coefficient (Wildman–Crippen LogP) is 3.83. The average molecular weight is 368 g/mol. The monoisotopic (exact) mass is 368 g/mol. The van der Waals surface area contributed by atoms with Crippen molar-refractivity contribution >= 4 is 17.7 Å². The van der Waals surface area contributed by atoms with E-state index in [-0.39, 0.29) is 5.97 Å². The average Bonchev–Trinajstić information content (AvgIpc) is 3.09. The lowest BCUT2D eigenvalue weighted by Gasteiger charge is -2.09. The molecule has 7 heteroatoms. The number of carbonyl (C=O) groups is 1. The number of rotatable bonds is 7. The van der Waals surface area contributed by atoms with Crippen LogP contribution in [0.15, 0.2) is 53.9 Å². The maximum atomic E-state index is 11.7. The third kappa shape index (κ3) is 4.11. The van der Waals surface area contributed by atoms with Gasteiger partial charge in [0.15, 0.2) is 11.0 Å². The predicted molar refractivity (Wildman–Crippen MR) is 101 cm³/mol. The Kier molecular flexibility index (Phi) is 6.01. The quantitative estimate of drug-likeness (QED) is 0.466. The molecule has 0 radical (unpaired) electrons. The Morgan fingerprint density at radius 1 is 1.19 bits per heavy atom. The van der Waals surface area contributed by atoms with Crippen LogP contribution >= 0.6 is 11.8 Å². The van der Waals surface area contributed by atoms with Gasteiger partial charge in [-0.3, -0.25) is 4.98 Å². The molecule has 3 aromatic rings. The zero-order valence-electron chi connectivity index (χ0n) is 14.8. The summed E-state index contributed by atoms with van der Waals surface area (Å²) < 4.78 is 6.91. The Morgan fingerprint density at radius 2 is 2.00 bits per heavy atom. The highest BCUT2D eigenvalue weighted by atomic mass is 32.2. The number of pyridine rings is 1. The maximum Gasteiger partial charge on any atom is 0.337 e. The molecule has 0 saturated heterocycles. The maximum absolute atomic E-state index is 11.7. The van der Waals surface area contributed by atoms with Crippen molar-refractivity contribution in [3.63, 3.8) is 0 Å². The van der Waals surface area contributed by atoms with Crippen LogP contribution in [0.1, 0.15) is 29.3 Å². The van der Waals surface area contributed by atoms with Gasteiger partial charge in [-0.2, -0.15) is 0 Å². The van der Waals surface area contributed by atoms with Gasteiger partial charge >= 0.3 is 5.97 Å². The van der Waals surface area contributed by atoms with Gasteiger partial charge in [0.25, 0.3) is 0 Å². The number of hydrogen-bond acceptors (Lipinski definition) is 6. The van der Waals surface area contributed by atoms with Crippen molar-refractivity contribution in [1.29, 1.82) is 0 Å². The fourth-order valence-electron chi connectivity index (χ4n) is 2.59. The van der Waals surface area contributed by atoms with Crippen LogP contribution in [-0.4, -0.2) is 32.8 Å². The van der Waals surface area contributed by atoms with E-state index < -0.39 is 0 Å². The Balaban J connectivity index is 1.80. The normalized spacial score (nSPS) is 10.7. The van der Waals surface area contributed by atoms with E-state index >= 15 is 0 Å². The lowest BCUT2D eigenvalue weighted by molar-refractivity contribution is 0.0600. The van der Waals surface area contributed by atoms with E-state index in [1.54, 1.807) is 30.2 Å². The molecular weight excluding hydrogens is 348 g/mol. The largest absolute Gasteiger partial charge is 0.465 e. The molecule has 0 unspecified atom stereocenters. The van der Waals surface area contributed by atoms with Gasteiger partial charge in [0.1, 0.15) is 0 Å². The molecule has 1 aromatic carbocycles. The Hall–Kier alpha value is -2.67. The first-order valence-electron chi connectivity index (χ1n) is 8.36. The van der Waals surface area contributed by atoms with E-state index in [2.05, 4.69) is 26.7 Å². The van der Waals surface area contributed by atoms with Crippen LogP contribution in [0, 0.1) is 0 Å². The fourth-order valence-corrected chi connectivity index (χ4v) is 3.50. The number of ether oxygens (including phenoxy) is 1. The number of aromatic nitrogens is 4. The van der Waals surface area contributed by atoms with E-state index in [4.69, 9.17) is 4.74 Å². The highest BCUT2D eigenvalue weighted by molar-refractivity contribution is 7.98. The summed E-state index contributed by atoms with van der Waals surface area (Å²) in [6.45, 7) is 2.97. The number of carbonyl (C=O) groups excluding carboxylic acids is 1. The van der Waals surface area contributed by atoms with Crippen LogP contribution in [-0.2, 0) is 17.0 Å². The van der Waals surface area contributed by atoms with Crippen LogP contribution in [0.3, 0.4) is 0 Å². The minimum atomic E-state index is -0.328. The van der Waals surface area contributed by atoms with Crippen molar-refractivity contribution in [2.24, 2.45) is 0 Å². The summed E-state index contributed by atoms with van der Waals surface area (Å²) in [4.78, 5) is 15.7. The van der Waals surface area contributed by atoms with Crippen molar-refractivity contribution in [2.45, 2.75) is 30.8 Å². The lowest BCUT2D eigenvalue weighted by atomic mass is 10.1. The summed E-state index contributed by atoms with van der Waals surface area (Å²) in [7, 11) is 1.39. The molecule has 0 amide bonds. The van der Waals surface area contributed by atoms with Gasteiger partial charge in [0.05, 0.1) is 12.7 Å². The molecule has 0 atom stereocenters. The summed E-state index contributed by atoms with van der Waals surface area (Å²) in [6.07, 6.45) is 4.50. The second-order valence-electron chi connectivity index (χ2n) is 5.67. The highest BCUT2D eigenvalue weighted by Gasteiger charge is 2.14. The van der Waals surface area contributed by atoms with Crippen molar-refractivity contribution in [3.05, 3.63) is 59.9 Å². The number of esters is 1. The Labute approximate surface area is 156 Å². The van der Waals surface area contributed by atoms with Crippen molar-refractivity contribution in [3.8, 4) is 11.4 Å². The minimum Gasteiger partial charge on any atom is -0.465 e. The molecule has 3 rings (SSSR count). The van der Waals surface area contributed by atoms with Gasteiger partial charge in [-0.25, -0.2) is 4.79 Å². The first-order valence-corrected chi connectivity index (χ1v) is 9.35. The second kappa shape index (κ2) is 8.62. The summed E-state index contributed by atoms with van der Waals surface area (Å²) >= 11 is 1.61. The van der Waals surface area contributed by atoms with Gasteiger partial charge in [0.2, 0.25) is 0 Å². The Morgan fingerprint density at radius 3 is 2.73 bits per heavy atom. The SMILES string of the molecule is CCCn1c(SCc2cccc(C(=O)OC)c2)nnc1-c1ccncc1. The molecule has 0 aliphatic rings. The molecule has 0 fully saturated rings. The molecule has 0 aliphatic heterocycles. The molecule has 134 valence electrons. The summed E-state index contributed by atoms with van der Waals surface area (Å²) in [5.74, 6) is 1.22. The first kappa shape index (κ1) is 18.1. The molecule has 2 aromatic heterocycles. The first-order chi connectivity index (χ1) is 12.7. The smallest absolute Gasteiger partial charge is 0.337 e. The standard InChI is InChI=1S/C19H20N4O2S/c1-3-11-23-17(15-7-9-20-10-8-15)21-22-19(23)26-13-14-5-4-6-16(12-14)18(24)25-2/h4-10,12H,3,11,13H2,1-2H3. The van der Waals surface area contributed by atoms with E-state index in [0.29, 0.717) is 11.3 Å². The molecule has 2 heterocycles. The third-order valence-electron chi connectivity index (χ3n) is 3.82. The molecule has 0 bridgehead atoms. The zero-order valence-corrected chi connectivity index (χ0v) is 15.6. The minimum absolute atomic E-state index is 0.328. The summed E-state index contributed by atoms with van der Waals surface area (Å²) in [5.41, 5.74) is 2.59.